The van der Waals surface area contributed by atoms with Crippen LogP contribution in [0.15, 0.2) is 47.4 Å². The molecule has 2 heterocycles. The van der Waals surface area contributed by atoms with E-state index in [2.05, 4.69) is 5.32 Å². The molecule has 2 saturated heterocycles. The van der Waals surface area contributed by atoms with Crippen LogP contribution in [0.2, 0.25) is 10.0 Å². The minimum Gasteiger partial charge on any atom is -0.410 e. The minimum atomic E-state index is -0.675. The molecule has 2 amide bonds. The van der Waals surface area contributed by atoms with Crippen molar-refractivity contribution in [3.8, 4) is 5.75 Å². The van der Waals surface area contributed by atoms with Gasteiger partial charge >= 0.3 is 6.09 Å². The molecule has 10 heteroatoms. The standard InChI is InChI=1S/C22H18Cl2N2O4S2/c23-14-9-15(24)11-16(10-14)25-21(28)30-17-5-3-13(4-6-17)8-19-20(27)26(22(31)32-19)12-18-2-1-7-29-18/h3-6,8-11,18H,1-2,7,12H2,(H,25,28)/b19-8+. The fourth-order valence-electron chi connectivity index (χ4n) is 3.31. The highest BCUT2D eigenvalue weighted by molar-refractivity contribution is 8.26. The number of hydrogen-bond donors (Lipinski definition) is 1. The lowest BCUT2D eigenvalue weighted by Crippen LogP contribution is -2.35. The second kappa shape index (κ2) is 10.2. The maximum atomic E-state index is 12.7. The van der Waals surface area contributed by atoms with E-state index in [0.717, 1.165) is 25.0 Å². The van der Waals surface area contributed by atoms with Crippen molar-refractivity contribution in [2.24, 2.45) is 0 Å². The fourth-order valence-corrected chi connectivity index (χ4v) is 5.11. The van der Waals surface area contributed by atoms with E-state index >= 15 is 0 Å². The fraction of sp³-hybridized carbons (Fsp3) is 0.227. The molecule has 1 unspecified atom stereocenters. The highest BCUT2D eigenvalue weighted by atomic mass is 35.5. The van der Waals surface area contributed by atoms with Crippen LogP contribution >= 0.6 is 47.2 Å². The molecule has 2 aliphatic rings. The molecule has 1 N–H and O–H groups in total. The van der Waals surface area contributed by atoms with Gasteiger partial charge in [-0.05, 0) is 54.8 Å². The van der Waals surface area contributed by atoms with E-state index in [-0.39, 0.29) is 12.0 Å². The van der Waals surface area contributed by atoms with Gasteiger partial charge in [-0.15, -0.1) is 0 Å². The summed E-state index contributed by atoms with van der Waals surface area (Å²) in [6.45, 7) is 1.22. The molecule has 6 nitrogen and oxygen atoms in total. The number of nitrogens with zero attached hydrogens (tertiary/aromatic N) is 1. The summed E-state index contributed by atoms with van der Waals surface area (Å²) in [6, 6.07) is 11.5. The number of halogens is 2. The third-order valence-electron chi connectivity index (χ3n) is 4.78. The number of nitrogens with one attached hydrogen (secondary N) is 1. The lowest BCUT2D eigenvalue weighted by molar-refractivity contribution is -0.123. The first-order valence-electron chi connectivity index (χ1n) is 9.79. The van der Waals surface area contributed by atoms with Crippen molar-refractivity contribution in [3.63, 3.8) is 0 Å². The van der Waals surface area contributed by atoms with Crippen LogP contribution in [0.25, 0.3) is 6.08 Å². The Labute approximate surface area is 204 Å². The van der Waals surface area contributed by atoms with Gasteiger partial charge in [0.1, 0.15) is 10.1 Å². The van der Waals surface area contributed by atoms with E-state index in [9.17, 15) is 9.59 Å². The normalized spacial score (nSPS) is 19.6. The van der Waals surface area contributed by atoms with Crippen molar-refractivity contribution in [1.82, 2.24) is 4.90 Å². The molecule has 0 bridgehead atoms. The first-order valence-corrected chi connectivity index (χ1v) is 11.8. The number of carbonyl (C=O) groups is 2. The smallest absolute Gasteiger partial charge is 0.410 e. The molecule has 2 aromatic carbocycles. The van der Waals surface area contributed by atoms with Gasteiger partial charge in [0.2, 0.25) is 0 Å². The molecular weight excluding hydrogens is 491 g/mol. The molecular formula is C22H18Cl2N2O4S2. The SMILES string of the molecule is O=C(Nc1cc(Cl)cc(Cl)c1)Oc1ccc(/C=C2/SC(=S)N(CC3CCCO3)C2=O)cc1. The van der Waals surface area contributed by atoms with E-state index in [1.54, 1.807) is 53.4 Å². The van der Waals surface area contributed by atoms with E-state index in [0.29, 0.717) is 37.3 Å². The van der Waals surface area contributed by atoms with Gasteiger partial charge in [-0.1, -0.05) is 59.3 Å². The van der Waals surface area contributed by atoms with E-state index < -0.39 is 6.09 Å². The summed E-state index contributed by atoms with van der Waals surface area (Å²) in [5.41, 5.74) is 1.21. The van der Waals surface area contributed by atoms with Gasteiger partial charge in [-0.25, -0.2) is 4.79 Å². The number of thioether (sulfide) groups is 1. The van der Waals surface area contributed by atoms with Crippen LogP contribution in [0.5, 0.6) is 5.75 Å². The summed E-state index contributed by atoms with van der Waals surface area (Å²) < 4.78 is 11.4. The molecule has 32 heavy (non-hydrogen) atoms. The molecule has 0 saturated carbocycles. The van der Waals surface area contributed by atoms with Gasteiger partial charge in [-0.3, -0.25) is 15.0 Å². The third-order valence-corrected chi connectivity index (χ3v) is 6.60. The minimum absolute atomic E-state index is 0.0439. The zero-order valence-electron chi connectivity index (χ0n) is 16.7. The number of rotatable bonds is 5. The average Bonchev–Trinajstić information content (AvgIpc) is 3.33. The number of anilines is 1. The van der Waals surface area contributed by atoms with Crippen molar-refractivity contribution in [1.29, 1.82) is 0 Å². The topological polar surface area (TPSA) is 67.9 Å². The zero-order chi connectivity index (χ0) is 22.7. The summed E-state index contributed by atoms with van der Waals surface area (Å²) in [7, 11) is 0. The molecule has 4 rings (SSSR count). The van der Waals surface area contributed by atoms with Crippen molar-refractivity contribution >= 4 is 75.3 Å². The van der Waals surface area contributed by atoms with Crippen LogP contribution in [0, 0.1) is 0 Å². The molecule has 0 aromatic heterocycles. The van der Waals surface area contributed by atoms with Crippen LogP contribution in [0.3, 0.4) is 0 Å². The van der Waals surface area contributed by atoms with Crippen molar-refractivity contribution in [2.45, 2.75) is 18.9 Å². The number of hydrogen-bond acceptors (Lipinski definition) is 6. The second-order valence-corrected chi connectivity index (χ2v) is 9.72. The first kappa shape index (κ1) is 23.1. The molecule has 0 aliphatic carbocycles. The summed E-state index contributed by atoms with van der Waals surface area (Å²) in [5.74, 6) is 0.231. The van der Waals surface area contributed by atoms with Crippen molar-refractivity contribution in [2.75, 3.05) is 18.5 Å². The Hall–Kier alpha value is -2.10. The highest BCUT2D eigenvalue weighted by Crippen LogP contribution is 2.33. The average molecular weight is 509 g/mol. The van der Waals surface area contributed by atoms with Crippen LogP contribution < -0.4 is 10.1 Å². The Bertz CT molecular complexity index is 1070. The molecule has 0 spiro atoms. The number of ether oxygens (including phenoxy) is 2. The van der Waals surface area contributed by atoms with Gasteiger partial charge in [0, 0.05) is 22.3 Å². The quantitative estimate of drug-likeness (QED) is 0.395. The molecule has 1 atom stereocenters. The largest absolute Gasteiger partial charge is 0.417 e. The summed E-state index contributed by atoms with van der Waals surface area (Å²) >= 11 is 18.5. The Morgan fingerprint density at radius 2 is 1.97 bits per heavy atom. The predicted octanol–water partition coefficient (Wildman–Crippen LogP) is 5.98. The molecule has 2 fully saturated rings. The van der Waals surface area contributed by atoms with Crippen LogP contribution in [-0.4, -0.2) is 40.5 Å². The Morgan fingerprint density at radius 3 is 2.62 bits per heavy atom. The zero-order valence-corrected chi connectivity index (χ0v) is 19.8. The summed E-state index contributed by atoms with van der Waals surface area (Å²) in [4.78, 5) is 27.0. The number of benzene rings is 2. The Morgan fingerprint density at radius 1 is 1.25 bits per heavy atom. The van der Waals surface area contributed by atoms with Gasteiger partial charge in [0.15, 0.2) is 0 Å². The number of carbonyl (C=O) groups excluding carboxylic acids is 2. The van der Waals surface area contributed by atoms with Crippen LogP contribution in [0.4, 0.5) is 10.5 Å². The van der Waals surface area contributed by atoms with E-state index in [4.69, 9.17) is 44.9 Å². The van der Waals surface area contributed by atoms with E-state index in [1.807, 2.05) is 0 Å². The summed E-state index contributed by atoms with van der Waals surface area (Å²) in [6.07, 6.45) is 3.09. The van der Waals surface area contributed by atoms with Crippen LogP contribution in [0.1, 0.15) is 18.4 Å². The lowest BCUT2D eigenvalue weighted by atomic mass is 10.2. The lowest BCUT2D eigenvalue weighted by Gasteiger charge is -2.18. The molecule has 166 valence electrons. The number of thiocarbonyl (C=S) groups is 1. The number of amides is 2. The Balaban J connectivity index is 1.36. The molecule has 2 aliphatic heterocycles. The molecule has 0 radical (unpaired) electrons. The van der Waals surface area contributed by atoms with Gasteiger partial charge < -0.3 is 9.47 Å². The first-order chi connectivity index (χ1) is 15.4. The maximum Gasteiger partial charge on any atom is 0.417 e. The van der Waals surface area contributed by atoms with Crippen molar-refractivity contribution < 1.29 is 19.1 Å². The van der Waals surface area contributed by atoms with Gasteiger partial charge in [0.25, 0.3) is 5.91 Å². The second-order valence-electron chi connectivity index (χ2n) is 7.17. The Kier molecular flexibility index (Phi) is 7.37. The monoisotopic (exact) mass is 508 g/mol. The maximum absolute atomic E-state index is 12.7. The molecule has 2 aromatic rings. The van der Waals surface area contributed by atoms with Crippen LogP contribution in [-0.2, 0) is 9.53 Å². The van der Waals surface area contributed by atoms with Gasteiger partial charge in [-0.2, -0.15) is 0 Å². The van der Waals surface area contributed by atoms with E-state index in [1.165, 1.54) is 11.8 Å². The van der Waals surface area contributed by atoms with Gasteiger partial charge in [0.05, 0.1) is 17.6 Å². The predicted molar refractivity (Wildman–Crippen MR) is 131 cm³/mol. The summed E-state index contributed by atoms with van der Waals surface area (Å²) in [5, 5.41) is 3.37. The van der Waals surface area contributed by atoms with Crippen molar-refractivity contribution in [3.05, 3.63) is 63.0 Å². The highest BCUT2D eigenvalue weighted by Gasteiger charge is 2.34. The third kappa shape index (κ3) is 5.82.